The first kappa shape index (κ1) is 17.7. The van der Waals surface area contributed by atoms with Gasteiger partial charge in [-0.25, -0.2) is 0 Å². The Morgan fingerprint density at radius 2 is 1.59 bits per heavy atom. The predicted octanol–water partition coefficient (Wildman–Crippen LogP) is 4.29. The first-order valence-corrected chi connectivity index (χ1v) is 8.67. The lowest BCUT2D eigenvalue weighted by Crippen LogP contribution is -2.37. The molecule has 0 N–H and O–H groups in total. The number of fused-ring (bicyclic) bond motifs is 3. The summed E-state index contributed by atoms with van der Waals surface area (Å²) in [4.78, 5) is 0. The largest absolute Gasteiger partial charge is 0.492 e. The van der Waals surface area contributed by atoms with Crippen molar-refractivity contribution in [2.45, 2.75) is 18.3 Å². The molecule has 27 heavy (non-hydrogen) atoms. The second kappa shape index (κ2) is 7.13. The third-order valence-corrected chi connectivity index (χ3v) is 5.00. The second-order valence-corrected chi connectivity index (χ2v) is 6.28. The van der Waals surface area contributed by atoms with Gasteiger partial charge in [0.1, 0.15) is 18.0 Å². The van der Waals surface area contributed by atoms with Gasteiger partial charge in [-0.1, -0.05) is 30.3 Å². The van der Waals surface area contributed by atoms with Crippen LogP contribution in [0.4, 0.5) is 0 Å². The Bertz CT molecular complexity index is 933. The van der Waals surface area contributed by atoms with Gasteiger partial charge < -0.3 is 28.1 Å². The van der Waals surface area contributed by atoms with E-state index in [1.807, 2.05) is 36.4 Å². The van der Waals surface area contributed by atoms with Crippen molar-refractivity contribution in [3.05, 3.63) is 53.8 Å². The third-order valence-electron chi connectivity index (χ3n) is 5.00. The summed E-state index contributed by atoms with van der Waals surface area (Å²) >= 11 is 0. The molecule has 4 rings (SSSR count). The van der Waals surface area contributed by atoms with Crippen LogP contribution in [0.1, 0.15) is 23.3 Å². The van der Waals surface area contributed by atoms with Crippen LogP contribution in [0.5, 0.6) is 17.2 Å². The summed E-state index contributed by atoms with van der Waals surface area (Å²) in [5, 5.41) is 0.806. The highest BCUT2D eigenvalue weighted by Gasteiger charge is 2.44. The number of benzene rings is 2. The minimum Gasteiger partial charge on any atom is -0.492 e. The molecule has 0 fully saturated rings. The molecule has 2 aromatic carbocycles. The summed E-state index contributed by atoms with van der Waals surface area (Å²) < 4.78 is 35.1. The first-order chi connectivity index (χ1) is 13.2. The van der Waals surface area contributed by atoms with E-state index in [0.29, 0.717) is 22.8 Å². The number of ether oxygens (including phenoxy) is 5. The molecular weight excluding hydrogens is 348 g/mol. The standard InChI is InChI=1S/C21H22O6/c1-22-18-14-16(13-10-11-26-17(13)21(25-4)19(14)23-2)27-15(20(18)24-3)12-8-6-5-7-9-12/h5-11,15,18,20H,1-4H3/t15-,18+,20-/m0/s1. The van der Waals surface area contributed by atoms with Crippen molar-refractivity contribution in [3.63, 3.8) is 0 Å². The Morgan fingerprint density at radius 1 is 0.852 bits per heavy atom. The van der Waals surface area contributed by atoms with Crippen LogP contribution >= 0.6 is 0 Å². The average Bonchev–Trinajstić information content (AvgIpc) is 3.21. The van der Waals surface area contributed by atoms with E-state index in [2.05, 4.69) is 0 Å². The van der Waals surface area contributed by atoms with E-state index in [0.717, 1.165) is 16.5 Å². The fourth-order valence-electron chi connectivity index (χ4n) is 3.83. The van der Waals surface area contributed by atoms with E-state index < -0.39 is 6.10 Å². The molecule has 3 aromatic rings. The Balaban J connectivity index is 1.99. The zero-order valence-electron chi connectivity index (χ0n) is 15.7. The van der Waals surface area contributed by atoms with E-state index in [9.17, 15) is 0 Å². The molecule has 0 unspecified atom stereocenters. The van der Waals surface area contributed by atoms with Gasteiger partial charge in [-0.15, -0.1) is 0 Å². The molecular formula is C21H22O6. The third kappa shape index (κ3) is 2.64. The fraction of sp³-hybridized carbons (Fsp3) is 0.333. The first-order valence-electron chi connectivity index (χ1n) is 8.67. The summed E-state index contributed by atoms with van der Waals surface area (Å²) in [6, 6.07) is 11.8. The van der Waals surface area contributed by atoms with Crippen molar-refractivity contribution >= 4 is 11.0 Å². The predicted molar refractivity (Wildman–Crippen MR) is 99.7 cm³/mol. The maximum atomic E-state index is 6.47. The molecule has 0 spiro atoms. The van der Waals surface area contributed by atoms with Gasteiger partial charge in [0.25, 0.3) is 0 Å². The highest BCUT2D eigenvalue weighted by molar-refractivity contribution is 5.94. The van der Waals surface area contributed by atoms with Crippen molar-refractivity contribution in [1.82, 2.24) is 0 Å². The molecule has 0 amide bonds. The molecule has 2 heterocycles. The molecule has 142 valence electrons. The molecule has 0 saturated carbocycles. The highest BCUT2D eigenvalue weighted by atomic mass is 16.6. The summed E-state index contributed by atoms with van der Waals surface area (Å²) in [5.41, 5.74) is 2.33. The van der Waals surface area contributed by atoms with Crippen LogP contribution < -0.4 is 14.2 Å². The number of furan rings is 1. The van der Waals surface area contributed by atoms with Crippen LogP contribution in [0, 0.1) is 0 Å². The number of rotatable bonds is 5. The van der Waals surface area contributed by atoms with Gasteiger partial charge in [0.05, 0.1) is 31.4 Å². The SMILES string of the molecule is COc1c2c(c3ccoc3c1OC)O[C@@H](c1ccccc1)[C@H](OC)[C@@H]2OC. The van der Waals surface area contributed by atoms with E-state index in [1.54, 1.807) is 34.7 Å². The van der Waals surface area contributed by atoms with Crippen molar-refractivity contribution in [2.75, 3.05) is 28.4 Å². The zero-order valence-corrected chi connectivity index (χ0v) is 15.7. The maximum absolute atomic E-state index is 6.47. The second-order valence-electron chi connectivity index (χ2n) is 6.28. The Labute approximate surface area is 157 Å². The quantitative estimate of drug-likeness (QED) is 0.668. The molecule has 0 radical (unpaired) electrons. The van der Waals surface area contributed by atoms with Crippen LogP contribution in [0.25, 0.3) is 11.0 Å². The van der Waals surface area contributed by atoms with Crippen molar-refractivity contribution in [3.8, 4) is 17.2 Å². The zero-order chi connectivity index (χ0) is 19.0. The van der Waals surface area contributed by atoms with Crippen LogP contribution in [-0.4, -0.2) is 34.5 Å². The molecule has 0 aliphatic carbocycles. The van der Waals surface area contributed by atoms with Crippen LogP contribution in [0.3, 0.4) is 0 Å². The minimum absolute atomic E-state index is 0.343. The topological polar surface area (TPSA) is 59.3 Å². The van der Waals surface area contributed by atoms with Gasteiger partial charge in [-0.2, -0.15) is 0 Å². The maximum Gasteiger partial charge on any atom is 0.205 e. The van der Waals surface area contributed by atoms with E-state index >= 15 is 0 Å². The van der Waals surface area contributed by atoms with Gasteiger partial charge >= 0.3 is 0 Å². The van der Waals surface area contributed by atoms with Gasteiger partial charge in [-0.05, 0) is 11.6 Å². The van der Waals surface area contributed by atoms with E-state index in [-0.39, 0.29) is 12.2 Å². The van der Waals surface area contributed by atoms with Gasteiger partial charge in [0.15, 0.2) is 17.4 Å². The number of hydrogen-bond acceptors (Lipinski definition) is 6. The lowest BCUT2D eigenvalue weighted by atomic mass is 9.90. The van der Waals surface area contributed by atoms with Crippen LogP contribution in [-0.2, 0) is 9.47 Å². The lowest BCUT2D eigenvalue weighted by Gasteiger charge is -2.39. The fourth-order valence-corrected chi connectivity index (χ4v) is 3.83. The van der Waals surface area contributed by atoms with Crippen LogP contribution in [0.15, 0.2) is 47.1 Å². The lowest BCUT2D eigenvalue weighted by molar-refractivity contribution is -0.106. The minimum atomic E-state index is -0.410. The van der Waals surface area contributed by atoms with E-state index in [4.69, 9.17) is 28.1 Å². The Kier molecular flexibility index (Phi) is 4.68. The molecule has 3 atom stereocenters. The normalized spacial score (nSPS) is 21.6. The monoisotopic (exact) mass is 370 g/mol. The summed E-state index contributed by atoms with van der Waals surface area (Å²) in [6.45, 7) is 0. The van der Waals surface area contributed by atoms with Gasteiger partial charge in [0, 0.05) is 14.2 Å². The summed E-state index contributed by atoms with van der Waals surface area (Å²) in [5.74, 6) is 1.69. The van der Waals surface area contributed by atoms with Crippen molar-refractivity contribution in [1.29, 1.82) is 0 Å². The smallest absolute Gasteiger partial charge is 0.205 e. The molecule has 0 bridgehead atoms. The number of methoxy groups -OCH3 is 4. The molecule has 6 heteroatoms. The van der Waals surface area contributed by atoms with Gasteiger partial charge in [-0.3, -0.25) is 0 Å². The summed E-state index contributed by atoms with van der Waals surface area (Å²) in [6.07, 6.45) is 0.489. The average molecular weight is 370 g/mol. The molecule has 1 aromatic heterocycles. The Hall–Kier alpha value is -2.70. The molecule has 0 saturated heterocycles. The van der Waals surface area contributed by atoms with Crippen LogP contribution in [0.2, 0.25) is 0 Å². The highest BCUT2D eigenvalue weighted by Crippen LogP contribution is 2.55. The number of hydrogen-bond donors (Lipinski definition) is 0. The van der Waals surface area contributed by atoms with Crippen molar-refractivity contribution < 1.29 is 28.1 Å². The molecule has 1 aliphatic heterocycles. The Morgan fingerprint density at radius 3 is 2.22 bits per heavy atom. The molecule has 6 nitrogen and oxygen atoms in total. The summed E-state index contributed by atoms with van der Waals surface area (Å²) in [7, 11) is 6.48. The van der Waals surface area contributed by atoms with Gasteiger partial charge in [0.2, 0.25) is 5.75 Å². The van der Waals surface area contributed by atoms with E-state index in [1.165, 1.54) is 0 Å². The van der Waals surface area contributed by atoms with Crippen molar-refractivity contribution in [2.24, 2.45) is 0 Å². The molecule has 1 aliphatic rings.